The second kappa shape index (κ2) is 10.5. The van der Waals surface area contributed by atoms with Crippen LogP contribution in [0.5, 0.6) is 0 Å². The van der Waals surface area contributed by atoms with Crippen LogP contribution < -0.4 is 10.0 Å². The number of amides is 1. The summed E-state index contributed by atoms with van der Waals surface area (Å²) < 4.78 is 32.6. The maximum Gasteiger partial charge on any atom is 0.370 e. The van der Waals surface area contributed by atoms with E-state index in [1.165, 1.54) is 6.08 Å². The molecule has 0 unspecified atom stereocenters. The van der Waals surface area contributed by atoms with Crippen molar-refractivity contribution in [3.8, 4) is 0 Å². The Bertz CT molecular complexity index is 946. The van der Waals surface area contributed by atoms with Gasteiger partial charge in [-0.25, -0.2) is 17.9 Å². The first-order chi connectivity index (χ1) is 14.5. The molecule has 0 radical (unpaired) electrons. The number of benzene rings is 1. The van der Waals surface area contributed by atoms with E-state index in [4.69, 9.17) is 9.84 Å². The number of rotatable bonds is 9. The fraction of sp³-hybridized carbons (Fsp3) is 0.368. The van der Waals surface area contributed by atoms with Gasteiger partial charge < -0.3 is 30.5 Å². The Morgan fingerprint density at radius 2 is 1.87 bits per heavy atom. The molecule has 6 N–H and O–H groups in total. The Morgan fingerprint density at radius 1 is 1.23 bits per heavy atom. The molecule has 5 atom stereocenters. The smallest absolute Gasteiger partial charge is 0.370 e. The summed E-state index contributed by atoms with van der Waals surface area (Å²) in [4.78, 5) is 23.1. The van der Waals surface area contributed by atoms with Gasteiger partial charge in [0.25, 0.3) is 0 Å². The number of hydrogen-bond donors (Lipinski definition) is 6. The first kappa shape index (κ1) is 24.5. The number of nitrogens with one attached hydrogen (secondary N) is 2. The number of sulfonamides is 1. The van der Waals surface area contributed by atoms with Gasteiger partial charge in [0.1, 0.15) is 18.3 Å². The van der Waals surface area contributed by atoms with Crippen LogP contribution in [0.15, 0.2) is 47.6 Å². The molecule has 1 aromatic carbocycles. The van der Waals surface area contributed by atoms with E-state index in [0.717, 1.165) is 18.4 Å². The van der Waals surface area contributed by atoms with Gasteiger partial charge in [0.05, 0.1) is 18.7 Å². The number of aliphatic carboxylic acids is 1. The van der Waals surface area contributed by atoms with Crippen molar-refractivity contribution < 1.29 is 43.2 Å². The maximum atomic E-state index is 12.6. The van der Waals surface area contributed by atoms with E-state index in [-0.39, 0.29) is 0 Å². The summed E-state index contributed by atoms with van der Waals surface area (Å²) in [5.74, 6) is -2.88. The van der Waals surface area contributed by atoms with Gasteiger partial charge in [-0.05, 0) is 17.7 Å². The van der Waals surface area contributed by atoms with Crippen LogP contribution in [0.3, 0.4) is 0 Å². The average molecular weight is 456 g/mol. The zero-order chi connectivity index (χ0) is 23.2. The minimum atomic E-state index is -4.14. The van der Waals surface area contributed by atoms with Crippen LogP contribution in [0, 0.1) is 0 Å². The molecule has 2 rings (SSSR count). The lowest BCUT2D eigenvalue weighted by Crippen LogP contribution is -2.63. The van der Waals surface area contributed by atoms with Crippen LogP contribution in [-0.4, -0.2) is 77.7 Å². The third-order valence-electron chi connectivity index (χ3n) is 4.37. The molecule has 31 heavy (non-hydrogen) atoms. The summed E-state index contributed by atoms with van der Waals surface area (Å²) in [6, 6.07) is 5.89. The number of carbonyl (C=O) groups excluding carboxylic acids is 1. The Morgan fingerprint density at radius 3 is 2.42 bits per heavy atom. The summed E-state index contributed by atoms with van der Waals surface area (Å²) in [5.41, 5.74) is 0.597. The second-order valence-electron chi connectivity index (χ2n) is 6.79. The number of aliphatic hydroxyl groups is 3. The minimum Gasteiger partial charge on any atom is -0.478 e. The molecular weight excluding hydrogens is 432 g/mol. The molecule has 0 saturated carbocycles. The molecule has 0 saturated heterocycles. The molecule has 0 aliphatic carbocycles. The van der Waals surface area contributed by atoms with Crippen molar-refractivity contribution in [1.82, 2.24) is 10.0 Å². The normalized spacial score (nSPS) is 23.5. The van der Waals surface area contributed by atoms with Crippen LogP contribution in [-0.2, 0) is 24.3 Å². The maximum absolute atomic E-state index is 12.6. The monoisotopic (exact) mass is 456 g/mol. The van der Waals surface area contributed by atoms with Gasteiger partial charge in [-0.2, -0.15) is 0 Å². The van der Waals surface area contributed by atoms with Crippen molar-refractivity contribution in [2.24, 2.45) is 0 Å². The number of aliphatic hydroxyl groups excluding tert-OH is 3. The predicted molar refractivity (Wildman–Crippen MR) is 109 cm³/mol. The molecule has 1 heterocycles. The summed E-state index contributed by atoms with van der Waals surface area (Å²) in [5, 5.41) is 41.7. The van der Waals surface area contributed by atoms with Gasteiger partial charge in [-0.1, -0.05) is 30.3 Å². The van der Waals surface area contributed by atoms with Gasteiger partial charge in [0.15, 0.2) is 0 Å². The highest BCUT2D eigenvalue weighted by atomic mass is 32.2. The molecule has 1 amide bonds. The van der Waals surface area contributed by atoms with Gasteiger partial charge in [-0.15, -0.1) is 0 Å². The zero-order valence-corrected chi connectivity index (χ0v) is 17.3. The third-order valence-corrected chi connectivity index (χ3v) is 5.47. The van der Waals surface area contributed by atoms with Gasteiger partial charge >= 0.3 is 5.97 Å². The topological polar surface area (TPSA) is 182 Å². The summed E-state index contributed by atoms with van der Waals surface area (Å²) in [7, 11) is -4.14. The van der Waals surface area contributed by atoms with E-state index < -0.39 is 64.7 Å². The quantitative estimate of drug-likeness (QED) is 0.258. The SMILES string of the molecule is CC(=O)N[C@H]1[C@H]([C@H](O)[C@H](O)CO)OC(C(=O)O)=C[C@@H]1NS(=O)(=O)C=Cc1ccccc1. The van der Waals surface area contributed by atoms with Crippen LogP contribution >= 0.6 is 0 Å². The van der Waals surface area contributed by atoms with Gasteiger partial charge in [0, 0.05) is 12.3 Å². The standard InChI is InChI=1S/C19H24N2O9S/c1-11(23)20-16-13(21-31(28,29)8-7-12-5-3-2-4-6-12)9-15(19(26)27)30-18(16)17(25)14(24)10-22/h2-9,13-14,16-18,21-22,24-25H,10H2,1H3,(H,20,23)(H,26,27)/t13-,14+,16+,17+,18+/m0/s1. The highest BCUT2D eigenvalue weighted by Gasteiger charge is 2.44. The Labute approximate surface area is 178 Å². The Kier molecular flexibility index (Phi) is 8.30. The lowest BCUT2D eigenvalue weighted by molar-refractivity contribution is -0.146. The van der Waals surface area contributed by atoms with E-state index in [1.807, 2.05) is 0 Å². The summed E-state index contributed by atoms with van der Waals surface area (Å²) in [6.45, 7) is 0.249. The molecule has 11 nitrogen and oxygen atoms in total. The number of ether oxygens (including phenoxy) is 1. The minimum absolute atomic E-state index is 0.597. The van der Waals surface area contributed by atoms with Crippen molar-refractivity contribution in [3.05, 3.63) is 53.1 Å². The van der Waals surface area contributed by atoms with E-state index in [1.54, 1.807) is 30.3 Å². The number of carboxylic acids is 1. The lowest BCUT2D eigenvalue weighted by atomic mass is 9.92. The van der Waals surface area contributed by atoms with E-state index in [2.05, 4.69) is 10.0 Å². The van der Waals surface area contributed by atoms with Gasteiger partial charge in [-0.3, -0.25) is 4.79 Å². The Balaban J connectivity index is 2.39. The first-order valence-electron chi connectivity index (χ1n) is 9.15. The van der Waals surface area contributed by atoms with Crippen molar-refractivity contribution >= 4 is 28.0 Å². The molecule has 0 spiro atoms. The predicted octanol–water partition coefficient (Wildman–Crippen LogP) is -1.47. The largest absolute Gasteiger partial charge is 0.478 e. The van der Waals surface area contributed by atoms with Crippen LogP contribution in [0.1, 0.15) is 12.5 Å². The third kappa shape index (κ3) is 6.87. The van der Waals surface area contributed by atoms with Crippen molar-refractivity contribution in [1.29, 1.82) is 0 Å². The van der Waals surface area contributed by atoms with Crippen molar-refractivity contribution in [2.75, 3.05) is 6.61 Å². The number of hydrogen-bond acceptors (Lipinski definition) is 8. The second-order valence-corrected chi connectivity index (χ2v) is 8.39. The van der Waals surface area contributed by atoms with E-state index >= 15 is 0 Å². The molecular formula is C19H24N2O9S. The average Bonchev–Trinajstić information content (AvgIpc) is 2.72. The molecule has 1 aliphatic rings. The first-order valence-corrected chi connectivity index (χ1v) is 10.7. The zero-order valence-electron chi connectivity index (χ0n) is 16.5. The van der Waals surface area contributed by atoms with Crippen molar-refractivity contribution in [2.45, 2.75) is 37.3 Å². The van der Waals surface area contributed by atoms with Crippen LogP contribution in [0.25, 0.3) is 6.08 Å². The van der Waals surface area contributed by atoms with E-state index in [0.29, 0.717) is 5.56 Å². The number of carboxylic acid groups (broad SMARTS) is 1. The van der Waals surface area contributed by atoms with Crippen LogP contribution in [0.4, 0.5) is 0 Å². The summed E-state index contributed by atoms with van der Waals surface area (Å²) in [6.07, 6.45) is -2.89. The fourth-order valence-electron chi connectivity index (χ4n) is 2.94. The summed E-state index contributed by atoms with van der Waals surface area (Å²) >= 11 is 0. The lowest BCUT2D eigenvalue weighted by Gasteiger charge is -2.39. The molecule has 0 fully saturated rings. The van der Waals surface area contributed by atoms with Crippen LogP contribution in [0.2, 0.25) is 0 Å². The molecule has 170 valence electrons. The molecule has 0 aromatic heterocycles. The molecule has 1 aliphatic heterocycles. The highest BCUT2D eigenvalue weighted by molar-refractivity contribution is 7.92. The fourth-order valence-corrected chi connectivity index (χ4v) is 3.95. The van der Waals surface area contributed by atoms with E-state index in [9.17, 15) is 33.3 Å². The molecule has 12 heteroatoms. The molecule has 1 aromatic rings. The number of carbonyl (C=O) groups is 2. The Hall–Kier alpha value is -2.77. The van der Waals surface area contributed by atoms with Crippen molar-refractivity contribution in [3.63, 3.8) is 0 Å². The van der Waals surface area contributed by atoms with Gasteiger partial charge in [0.2, 0.25) is 21.7 Å². The highest BCUT2D eigenvalue weighted by Crippen LogP contribution is 2.24. The molecule has 0 bridgehead atoms.